The third-order valence-electron chi connectivity index (χ3n) is 3.39. The van der Waals surface area contributed by atoms with Crippen molar-refractivity contribution < 1.29 is 4.79 Å². The van der Waals surface area contributed by atoms with Crippen molar-refractivity contribution in [3.63, 3.8) is 0 Å². The van der Waals surface area contributed by atoms with Crippen LogP contribution in [0.3, 0.4) is 0 Å². The van der Waals surface area contributed by atoms with Gasteiger partial charge in [0.05, 0.1) is 11.6 Å². The zero-order valence-electron chi connectivity index (χ0n) is 9.87. The van der Waals surface area contributed by atoms with Crippen LogP contribution < -0.4 is 11.1 Å². The van der Waals surface area contributed by atoms with Crippen molar-refractivity contribution in [2.45, 2.75) is 37.8 Å². The SMILES string of the molecule is CC(NC(=O)C1(N)CCC1)c1cccc(Cl)c1. The zero-order valence-corrected chi connectivity index (χ0v) is 10.6. The van der Waals surface area contributed by atoms with Gasteiger partial charge in [0.2, 0.25) is 5.91 Å². The summed E-state index contributed by atoms with van der Waals surface area (Å²) in [7, 11) is 0. The molecule has 1 atom stereocenters. The monoisotopic (exact) mass is 252 g/mol. The molecule has 1 aliphatic rings. The first-order chi connectivity index (χ1) is 8.01. The smallest absolute Gasteiger partial charge is 0.240 e. The minimum absolute atomic E-state index is 0.0591. The molecule has 0 aromatic heterocycles. The lowest BCUT2D eigenvalue weighted by Crippen LogP contribution is -2.58. The lowest BCUT2D eigenvalue weighted by atomic mass is 9.77. The van der Waals surface area contributed by atoms with Crippen molar-refractivity contribution in [1.82, 2.24) is 5.32 Å². The lowest BCUT2D eigenvalue weighted by molar-refractivity contribution is -0.129. The van der Waals surface area contributed by atoms with E-state index in [2.05, 4.69) is 5.32 Å². The Bertz CT molecular complexity index is 429. The Morgan fingerprint density at radius 3 is 2.76 bits per heavy atom. The maximum absolute atomic E-state index is 11.9. The van der Waals surface area contributed by atoms with Gasteiger partial charge in [-0.2, -0.15) is 0 Å². The van der Waals surface area contributed by atoms with E-state index in [1.54, 1.807) is 0 Å². The van der Waals surface area contributed by atoms with Crippen LogP contribution in [0.5, 0.6) is 0 Å². The average Bonchev–Trinajstić information content (AvgIpc) is 2.25. The highest BCUT2D eigenvalue weighted by Gasteiger charge is 2.40. The van der Waals surface area contributed by atoms with Gasteiger partial charge in [-0.1, -0.05) is 23.7 Å². The summed E-state index contributed by atoms with van der Waals surface area (Å²) in [6.45, 7) is 1.94. The molecule has 17 heavy (non-hydrogen) atoms. The van der Waals surface area contributed by atoms with Crippen LogP contribution in [0, 0.1) is 0 Å². The Balaban J connectivity index is 2.01. The zero-order chi connectivity index (χ0) is 12.5. The van der Waals surface area contributed by atoms with E-state index in [0.29, 0.717) is 5.02 Å². The minimum Gasteiger partial charge on any atom is -0.348 e. The van der Waals surface area contributed by atoms with Gasteiger partial charge in [0.25, 0.3) is 0 Å². The van der Waals surface area contributed by atoms with Gasteiger partial charge in [0.1, 0.15) is 0 Å². The first kappa shape index (κ1) is 12.4. The van der Waals surface area contributed by atoms with Crippen LogP contribution in [-0.4, -0.2) is 11.4 Å². The summed E-state index contributed by atoms with van der Waals surface area (Å²) in [4.78, 5) is 11.9. The van der Waals surface area contributed by atoms with E-state index >= 15 is 0 Å². The van der Waals surface area contributed by atoms with Crippen LogP contribution in [0.15, 0.2) is 24.3 Å². The molecule has 0 saturated heterocycles. The number of benzene rings is 1. The predicted molar refractivity (Wildman–Crippen MR) is 68.8 cm³/mol. The van der Waals surface area contributed by atoms with Gasteiger partial charge in [0, 0.05) is 5.02 Å². The molecule has 1 fully saturated rings. The first-order valence-electron chi connectivity index (χ1n) is 5.86. The Morgan fingerprint density at radius 1 is 1.53 bits per heavy atom. The molecule has 0 heterocycles. The van der Waals surface area contributed by atoms with E-state index < -0.39 is 5.54 Å². The Hall–Kier alpha value is -1.06. The molecule has 1 aromatic rings. The summed E-state index contributed by atoms with van der Waals surface area (Å²) in [5.74, 6) is -0.0591. The molecular formula is C13H17ClN2O. The largest absolute Gasteiger partial charge is 0.348 e. The van der Waals surface area contributed by atoms with E-state index in [1.807, 2.05) is 31.2 Å². The lowest BCUT2D eigenvalue weighted by Gasteiger charge is -2.37. The fourth-order valence-corrected chi connectivity index (χ4v) is 2.18. The topological polar surface area (TPSA) is 55.1 Å². The number of hydrogen-bond donors (Lipinski definition) is 2. The second-order valence-electron chi connectivity index (χ2n) is 4.76. The number of nitrogens with one attached hydrogen (secondary N) is 1. The molecule has 0 radical (unpaired) electrons. The maximum atomic E-state index is 11.9. The number of halogens is 1. The highest BCUT2D eigenvalue weighted by atomic mass is 35.5. The second-order valence-corrected chi connectivity index (χ2v) is 5.20. The van der Waals surface area contributed by atoms with Crippen molar-refractivity contribution in [2.75, 3.05) is 0 Å². The fraction of sp³-hybridized carbons (Fsp3) is 0.462. The molecule has 2 rings (SSSR count). The normalized spacial score (nSPS) is 19.2. The average molecular weight is 253 g/mol. The number of nitrogens with two attached hydrogens (primary N) is 1. The van der Waals surface area contributed by atoms with Gasteiger partial charge in [-0.3, -0.25) is 4.79 Å². The molecule has 0 spiro atoms. The van der Waals surface area contributed by atoms with E-state index in [1.165, 1.54) is 0 Å². The van der Waals surface area contributed by atoms with Gasteiger partial charge in [-0.15, -0.1) is 0 Å². The highest BCUT2D eigenvalue weighted by molar-refractivity contribution is 6.30. The molecular weight excluding hydrogens is 236 g/mol. The molecule has 1 aromatic carbocycles. The third kappa shape index (κ3) is 2.61. The summed E-state index contributed by atoms with van der Waals surface area (Å²) >= 11 is 5.92. The summed E-state index contributed by atoms with van der Waals surface area (Å²) in [6, 6.07) is 7.43. The van der Waals surface area contributed by atoms with Crippen molar-refractivity contribution in [1.29, 1.82) is 0 Å². The Kier molecular flexibility index (Phi) is 3.40. The molecule has 1 amide bonds. The van der Waals surface area contributed by atoms with Gasteiger partial charge < -0.3 is 11.1 Å². The third-order valence-corrected chi connectivity index (χ3v) is 3.63. The molecule has 0 aliphatic heterocycles. The first-order valence-corrected chi connectivity index (χ1v) is 6.24. The van der Waals surface area contributed by atoms with Crippen LogP contribution in [0.4, 0.5) is 0 Å². The van der Waals surface area contributed by atoms with Crippen LogP contribution >= 0.6 is 11.6 Å². The van der Waals surface area contributed by atoms with Crippen molar-refractivity contribution in [2.24, 2.45) is 5.73 Å². The second kappa shape index (κ2) is 4.67. The molecule has 92 valence electrons. The molecule has 3 nitrogen and oxygen atoms in total. The molecule has 1 saturated carbocycles. The van der Waals surface area contributed by atoms with Gasteiger partial charge in [-0.25, -0.2) is 0 Å². The Morgan fingerprint density at radius 2 is 2.24 bits per heavy atom. The molecule has 3 N–H and O–H groups in total. The number of carbonyl (C=O) groups excluding carboxylic acids is 1. The quantitative estimate of drug-likeness (QED) is 0.868. The maximum Gasteiger partial charge on any atom is 0.240 e. The summed E-state index contributed by atoms with van der Waals surface area (Å²) < 4.78 is 0. The number of rotatable bonds is 3. The van der Waals surface area contributed by atoms with Gasteiger partial charge in [-0.05, 0) is 43.9 Å². The van der Waals surface area contributed by atoms with Gasteiger partial charge >= 0.3 is 0 Å². The van der Waals surface area contributed by atoms with E-state index in [4.69, 9.17) is 17.3 Å². The van der Waals surface area contributed by atoms with Crippen LogP contribution in [0.2, 0.25) is 5.02 Å². The van der Waals surface area contributed by atoms with Crippen LogP contribution in [-0.2, 0) is 4.79 Å². The fourth-order valence-electron chi connectivity index (χ4n) is 1.98. The van der Waals surface area contributed by atoms with Crippen molar-refractivity contribution in [3.05, 3.63) is 34.9 Å². The van der Waals surface area contributed by atoms with E-state index in [-0.39, 0.29) is 11.9 Å². The molecule has 0 bridgehead atoms. The number of hydrogen-bond acceptors (Lipinski definition) is 2. The van der Waals surface area contributed by atoms with Crippen molar-refractivity contribution >= 4 is 17.5 Å². The standard InChI is InChI=1S/C13H17ClN2O/c1-9(10-4-2-5-11(14)8-10)16-12(17)13(15)6-3-7-13/h2,4-5,8-9H,3,6-7,15H2,1H3,(H,16,17). The molecule has 1 aliphatic carbocycles. The predicted octanol–water partition coefficient (Wildman–Crippen LogP) is 2.40. The number of amides is 1. The van der Waals surface area contributed by atoms with E-state index in [9.17, 15) is 4.79 Å². The van der Waals surface area contributed by atoms with Crippen LogP contribution in [0.1, 0.15) is 37.8 Å². The van der Waals surface area contributed by atoms with E-state index in [0.717, 1.165) is 24.8 Å². The van der Waals surface area contributed by atoms with Crippen LogP contribution in [0.25, 0.3) is 0 Å². The summed E-state index contributed by atoms with van der Waals surface area (Å²) in [5, 5.41) is 3.62. The molecule has 4 heteroatoms. The van der Waals surface area contributed by atoms with Gasteiger partial charge in [0.15, 0.2) is 0 Å². The van der Waals surface area contributed by atoms with Crippen molar-refractivity contribution in [3.8, 4) is 0 Å². The number of carbonyl (C=O) groups is 1. The summed E-state index contributed by atoms with van der Waals surface area (Å²) in [6.07, 6.45) is 2.59. The Labute approximate surface area is 106 Å². The highest BCUT2D eigenvalue weighted by Crippen LogP contribution is 2.30. The summed E-state index contributed by atoms with van der Waals surface area (Å²) in [5.41, 5.74) is 6.31. The molecule has 1 unspecified atom stereocenters. The minimum atomic E-state index is -0.646.